The second kappa shape index (κ2) is 8.99. The third kappa shape index (κ3) is 3.90. The molecule has 0 aliphatic carbocycles. The van der Waals surface area contributed by atoms with Gasteiger partial charge in [0.1, 0.15) is 23.7 Å². The zero-order chi connectivity index (χ0) is 23.0. The number of hydrogen-bond donors (Lipinski definition) is 2. The molecule has 0 aromatic rings. The van der Waals surface area contributed by atoms with Crippen LogP contribution in [-0.4, -0.2) is 93.1 Å². The number of nitrogens with zero attached hydrogens (tertiary/aromatic N) is 3. The van der Waals surface area contributed by atoms with E-state index in [2.05, 4.69) is 6.58 Å². The van der Waals surface area contributed by atoms with Gasteiger partial charge < -0.3 is 25.4 Å². The number of thioether (sulfide) groups is 1. The van der Waals surface area contributed by atoms with Gasteiger partial charge in [-0.15, -0.1) is 11.8 Å². The Balaban J connectivity index is 1.47. The highest BCUT2D eigenvalue weighted by Gasteiger charge is 2.51. The van der Waals surface area contributed by atoms with Gasteiger partial charge in [0.25, 0.3) is 0 Å². The lowest BCUT2D eigenvalue weighted by Crippen LogP contribution is -2.68. The summed E-state index contributed by atoms with van der Waals surface area (Å²) >= 11 is 1.40. The molecule has 0 bridgehead atoms. The van der Waals surface area contributed by atoms with Crippen LogP contribution >= 0.6 is 11.8 Å². The smallest absolute Gasteiger partial charge is 0.410 e. The molecule has 0 saturated carbocycles. The van der Waals surface area contributed by atoms with Crippen molar-refractivity contribution in [2.75, 3.05) is 32.0 Å². The van der Waals surface area contributed by atoms with E-state index in [1.807, 2.05) is 0 Å². The Labute approximate surface area is 189 Å². The van der Waals surface area contributed by atoms with E-state index in [1.165, 1.54) is 22.7 Å². The molecule has 4 aliphatic rings. The number of carboxylic acid groups (broad SMARTS) is 1. The molecule has 3 saturated heterocycles. The fourth-order valence-corrected chi connectivity index (χ4v) is 5.82. The summed E-state index contributed by atoms with van der Waals surface area (Å²) in [4.78, 5) is 53.8. The van der Waals surface area contributed by atoms with Crippen molar-refractivity contribution < 1.29 is 29.0 Å². The molecule has 3 fully saturated rings. The van der Waals surface area contributed by atoms with Crippen LogP contribution in [0.3, 0.4) is 0 Å². The molecular weight excluding hydrogens is 436 g/mol. The molecular formula is C21H26N4O6S. The fourth-order valence-electron chi connectivity index (χ4n) is 4.57. The normalized spacial score (nSPS) is 28.8. The first-order valence-corrected chi connectivity index (χ1v) is 11.6. The van der Waals surface area contributed by atoms with Crippen molar-refractivity contribution in [2.45, 2.75) is 36.7 Å². The Bertz CT molecular complexity index is 931. The highest BCUT2D eigenvalue weighted by atomic mass is 32.2. The van der Waals surface area contributed by atoms with Gasteiger partial charge in [-0.3, -0.25) is 14.5 Å². The van der Waals surface area contributed by atoms with Crippen LogP contribution in [0.25, 0.3) is 0 Å². The number of hydrogen-bond acceptors (Lipinski definition) is 7. The molecule has 3 amide bonds. The van der Waals surface area contributed by atoms with E-state index in [0.717, 1.165) is 12.8 Å². The first-order valence-electron chi connectivity index (χ1n) is 10.5. The van der Waals surface area contributed by atoms with Crippen LogP contribution in [-0.2, 0) is 19.1 Å². The minimum atomic E-state index is -1.20. The van der Waals surface area contributed by atoms with Gasteiger partial charge in [0, 0.05) is 31.0 Å². The topological polar surface area (TPSA) is 133 Å². The van der Waals surface area contributed by atoms with Crippen LogP contribution in [0, 0.1) is 0 Å². The summed E-state index contributed by atoms with van der Waals surface area (Å²) in [6, 6.07) is -0.810. The molecule has 0 spiro atoms. The number of carbonyl (C=O) groups is 4. The number of allylic oxidation sites excluding steroid dienone is 1. The maximum absolute atomic E-state index is 13.0. The molecule has 4 rings (SSSR count). The summed E-state index contributed by atoms with van der Waals surface area (Å²) < 4.78 is 5.14. The van der Waals surface area contributed by atoms with Crippen LogP contribution in [0.4, 0.5) is 4.79 Å². The quantitative estimate of drug-likeness (QED) is 0.331. The first-order chi connectivity index (χ1) is 15.3. The average molecular weight is 463 g/mol. The number of ether oxygens (including phenoxy) is 1. The number of carboxylic acids is 1. The second-order valence-electron chi connectivity index (χ2n) is 8.14. The summed E-state index contributed by atoms with van der Waals surface area (Å²) in [7, 11) is 0. The molecule has 3 N–H and O–H groups in total. The van der Waals surface area contributed by atoms with Gasteiger partial charge in [-0.05, 0) is 30.9 Å². The Morgan fingerprint density at radius 1 is 1.31 bits per heavy atom. The summed E-state index contributed by atoms with van der Waals surface area (Å²) in [5, 5.41) is 9.30. The third-order valence-electron chi connectivity index (χ3n) is 6.17. The number of rotatable bonds is 6. The van der Waals surface area contributed by atoms with Crippen LogP contribution in [0.1, 0.15) is 19.3 Å². The molecule has 0 radical (unpaired) electrons. The molecule has 0 unspecified atom stereocenters. The fraction of sp³-hybridized carbons (Fsp3) is 0.524. The SMILES string of the molecule is C=CCOC(=O)N1CCC[C@H]1CN1CC/C(=C\C2=C(C(=O)O)N3C(=O)[C@@H](N)[C@H]3SC2)C1=O. The maximum atomic E-state index is 13.0. The molecule has 4 aliphatic heterocycles. The molecule has 11 heteroatoms. The van der Waals surface area contributed by atoms with Crippen molar-refractivity contribution in [1.29, 1.82) is 0 Å². The Kier molecular flexibility index (Phi) is 6.29. The van der Waals surface area contributed by atoms with Gasteiger partial charge in [0.05, 0.1) is 6.04 Å². The van der Waals surface area contributed by atoms with E-state index >= 15 is 0 Å². The number of β-lactam (4-membered cyclic amide) rings is 1. The Morgan fingerprint density at radius 2 is 2.09 bits per heavy atom. The van der Waals surface area contributed by atoms with E-state index < -0.39 is 24.0 Å². The number of carbonyl (C=O) groups excluding carboxylic acids is 3. The first kappa shape index (κ1) is 22.4. The molecule has 0 aromatic carbocycles. The summed E-state index contributed by atoms with van der Waals surface area (Å²) in [6.07, 6.45) is 4.82. The van der Waals surface area contributed by atoms with Crippen molar-refractivity contribution in [3.63, 3.8) is 0 Å². The Hall–Kier alpha value is -2.79. The van der Waals surface area contributed by atoms with Gasteiger partial charge in [0.15, 0.2) is 0 Å². The highest BCUT2D eigenvalue weighted by Crippen LogP contribution is 2.40. The standard InChI is InChI=1S/C21H26N4O6S/c1-2-8-31-21(30)24-6-3-4-14(24)10-23-7-5-12(17(23)26)9-13-11-32-19-15(22)18(27)25(19)16(13)20(28)29/h2,9,14-15,19H,1,3-8,10-11,22H2,(H,28,29)/b12-9+/t14-,15+,19+/m0/s1. The monoisotopic (exact) mass is 462 g/mol. The van der Waals surface area contributed by atoms with Crippen molar-refractivity contribution in [3.05, 3.63) is 35.6 Å². The van der Waals surface area contributed by atoms with Gasteiger partial charge in [-0.25, -0.2) is 9.59 Å². The number of fused-ring (bicyclic) bond motifs is 1. The van der Waals surface area contributed by atoms with E-state index in [9.17, 15) is 24.3 Å². The predicted octanol–water partition coefficient (Wildman–Crippen LogP) is 0.513. The van der Waals surface area contributed by atoms with Crippen LogP contribution < -0.4 is 5.73 Å². The number of aliphatic carboxylic acids is 1. The van der Waals surface area contributed by atoms with Gasteiger partial charge in [0.2, 0.25) is 11.8 Å². The maximum Gasteiger partial charge on any atom is 0.410 e. The van der Waals surface area contributed by atoms with Gasteiger partial charge in [-0.1, -0.05) is 12.7 Å². The zero-order valence-electron chi connectivity index (χ0n) is 17.6. The van der Waals surface area contributed by atoms with Crippen molar-refractivity contribution in [2.24, 2.45) is 5.73 Å². The largest absolute Gasteiger partial charge is 0.477 e. The minimum Gasteiger partial charge on any atom is -0.477 e. The van der Waals surface area contributed by atoms with E-state index in [1.54, 1.807) is 15.9 Å². The van der Waals surface area contributed by atoms with E-state index in [-0.39, 0.29) is 29.6 Å². The number of nitrogens with two attached hydrogens (primary N) is 1. The van der Waals surface area contributed by atoms with Crippen LogP contribution in [0.2, 0.25) is 0 Å². The van der Waals surface area contributed by atoms with Crippen LogP contribution in [0.15, 0.2) is 35.6 Å². The van der Waals surface area contributed by atoms with Crippen molar-refractivity contribution in [3.8, 4) is 0 Å². The predicted molar refractivity (Wildman–Crippen MR) is 116 cm³/mol. The van der Waals surface area contributed by atoms with Crippen molar-refractivity contribution in [1.82, 2.24) is 14.7 Å². The molecule has 172 valence electrons. The average Bonchev–Trinajstić information content (AvgIpc) is 3.38. The number of amides is 3. The molecule has 10 nitrogen and oxygen atoms in total. The molecule has 0 aromatic heterocycles. The summed E-state index contributed by atoms with van der Waals surface area (Å²) in [5.74, 6) is -1.43. The van der Waals surface area contributed by atoms with Crippen molar-refractivity contribution >= 4 is 35.6 Å². The van der Waals surface area contributed by atoms with E-state index in [4.69, 9.17) is 10.5 Å². The van der Waals surface area contributed by atoms with E-state index in [0.29, 0.717) is 43.0 Å². The lowest BCUT2D eigenvalue weighted by atomic mass is 10.0. The third-order valence-corrected chi connectivity index (χ3v) is 7.49. The lowest BCUT2D eigenvalue weighted by molar-refractivity contribution is -0.147. The molecule has 4 heterocycles. The molecule has 3 atom stereocenters. The van der Waals surface area contributed by atoms with Gasteiger partial charge >= 0.3 is 12.1 Å². The highest BCUT2D eigenvalue weighted by molar-refractivity contribution is 8.00. The zero-order valence-corrected chi connectivity index (χ0v) is 18.4. The second-order valence-corrected chi connectivity index (χ2v) is 9.25. The van der Waals surface area contributed by atoms with Gasteiger partial charge in [-0.2, -0.15) is 0 Å². The number of likely N-dealkylation sites (tertiary alicyclic amines) is 2. The lowest BCUT2D eigenvalue weighted by Gasteiger charge is -2.47. The minimum absolute atomic E-state index is 0.0915. The summed E-state index contributed by atoms with van der Waals surface area (Å²) in [5.41, 5.74) is 6.64. The van der Waals surface area contributed by atoms with Crippen LogP contribution in [0.5, 0.6) is 0 Å². The molecule has 32 heavy (non-hydrogen) atoms. The summed E-state index contributed by atoms with van der Waals surface area (Å²) in [6.45, 7) is 5.17. The Morgan fingerprint density at radius 3 is 2.81 bits per heavy atom.